The second-order valence-electron chi connectivity index (χ2n) is 6.82. The van der Waals surface area contributed by atoms with Crippen LogP contribution in [-0.4, -0.2) is 41.9 Å². The maximum atomic E-state index is 12.5. The van der Waals surface area contributed by atoms with Gasteiger partial charge in [0.15, 0.2) is 6.10 Å². The quantitative estimate of drug-likeness (QED) is 0.850. The van der Waals surface area contributed by atoms with Gasteiger partial charge in [-0.25, -0.2) is 4.79 Å². The number of hydrogen-bond donors (Lipinski definition) is 1. The van der Waals surface area contributed by atoms with Crippen molar-refractivity contribution >= 4 is 23.5 Å². The van der Waals surface area contributed by atoms with Crippen molar-refractivity contribution in [1.29, 1.82) is 0 Å². The van der Waals surface area contributed by atoms with Crippen LogP contribution in [-0.2, 0) is 16.0 Å². The van der Waals surface area contributed by atoms with Crippen molar-refractivity contribution in [3.05, 3.63) is 65.2 Å². The number of ether oxygens (including phenoxy) is 1. The molecule has 2 aromatic rings. The molecular weight excluding hydrogens is 344 g/mol. The van der Waals surface area contributed by atoms with Crippen molar-refractivity contribution < 1.29 is 19.1 Å². The van der Waals surface area contributed by atoms with Gasteiger partial charge in [0, 0.05) is 30.8 Å². The molecular formula is C21H20N2O4. The molecule has 1 unspecified atom stereocenters. The van der Waals surface area contributed by atoms with E-state index in [0.717, 1.165) is 31.5 Å². The smallest absolute Gasteiger partial charge is 0.339 e. The Balaban J connectivity index is 1.41. The zero-order chi connectivity index (χ0) is 18.8. The van der Waals surface area contributed by atoms with Gasteiger partial charge in [-0.15, -0.1) is 0 Å². The minimum absolute atomic E-state index is 0.0168. The first-order chi connectivity index (χ1) is 13.1. The molecule has 1 atom stereocenters. The lowest BCUT2D eigenvalue weighted by atomic mass is 9.98. The highest BCUT2D eigenvalue weighted by Crippen LogP contribution is 2.22. The minimum Gasteiger partial charge on any atom is -0.448 e. The highest BCUT2D eigenvalue weighted by atomic mass is 16.5. The monoisotopic (exact) mass is 364 g/mol. The van der Waals surface area contributed by atoms with Crippen molar-refractivity contribution in [2.45, 2.75) is 25.4 Å². The normalized spacial score (nSPS) is 18.6. The van der Waals surface area contributed by atoms with Gasteiger partial charge in [-0.05, 0) is 48.7 Å². The molecule has 1 saturated heterocycles. The Morgan fingerprint density at radius 2 is 1.70 bits per heavy atom. The maximum Gasteiger partial charge on any atom is 0.339 e. The summed E-state index contributed by atoms with van der Waals surface area (Å²) >= 11 is 0. The molecule has 2 aromatic carbocycles. The number of carbonyl (C=O) groups excluding carboxylic acids is 3. The van der Waals surface area contributed by atoms with E-state index in [2.05, 4.69) is 5.32 Å². The van der Waals surface area contributed by atoms with E-state index in [9.17, 15) is 14.4 Å². The van der Waals surface area contributed by atoms with Crippen LogP contribution in [0.15, 0.2) is 48.5 Å². The molecule has 0 saturated carbocycles. The number of benzene rings is 2. The van der Waals surface area contributed by atoms with Gasteiger partial charge in [0.2, 0.25) is 0 Å². The summed E-state index contributed by atoms with van der Waals surface area (Å²) in [5, 5.41) is 2.76. The number of cyclic esters (lactones) is 1. The number of esters is 1. The third-order valence-corrected chi connectivity index (χ3v) is 4.98. The summed E-state index contributed by atoms with van der Waals surface area (Å²) in [5.74, 6) is -0.844. The summed E-state index contributed by atoms with van der Waals surface area (Å²) in [6.45, 7) is 1.59. The lowest BCUT2D eigenvalue weighted by Crippen LogP contribution is -2.38. The van der Waals surface area contributed by atoms with Crippen LogP contribution in [0.1, 0.15) is 39.1 Å². The van der Waals surface area contributed by atoms with E-state index >= 15 is 0 Å². The summed E-state index contributed by atoms with van der Waals surface area (Å²) in [7, 11) is 0. The fourth-order valence-electron chi connectivity index (χ4n) is 3.50. The molecule has 0 spiro atoms. The summed E-state index contributed by atoms with van der Waals surface area (Å²) in [6, 6.07) is 13.9. The number of anilines is 1. The Bertz CT molecular complexity index is 885. The maximum absolute atomic E-state index is 12.5. The number of likely N-dealkylation sites (tertiary alicyclic amines) is 1. The molecule has 0 aliphatic carbocycles. The lowest BCUT2D eigenvalue weighted by Gasteiger charge is -2.23. The van der Waals surface area contributed by atoms with Gasteiger partial charge >= 0.3 is 5.97 Å². The van der Waals surface area contributed by atoms with Gasteiger partial charge < -0.3 is 15.0 Å². The molecule has 27 heavy (non-hydrogen) atoms. The summed E-state index contributed by atoms with van der Waals surface area (Å²) in [5.41, 5.74) is 2.48. The van der Waals surface area contributed by atoms with Crippen LogP contribution in [0.5, 0.6) is 0 Å². The van der Waals surface area contributed by atoms with Crippen molar-refractivity contribution in [3.8, 4) is 0 Å². The van der Waals surface area contributed by atoms with Crippen LogP contribution in [0, 0.1) is 0 Å². The molecule has 1 N–H and O–H groups in total. The Labute approximate surface area is 157 Å². The molecule has 0 radical (unpaired) electrons. The molecule has 0 aromatic heterocycles. The number of hydrogen-bond acceptors (Lipinski definition) is 4. The van der Waals surface area contributed by atoms with Gasteiger partial charge in [-0.2, -0.15) is 0 Å². The van der Waals surface area contributed by atoms with E-state index in [0.29, 0.717) is 23.2 Å². The Morgan fingerprint density at radius 1 is 1.00 bits per heavy atom. The van der Waals surface area contributed by atoms with Crippen LogP contribution in [0.4, 0.5) is 5.69 Å². The zero-order valence-electron chi connectivity index (χ0n) is 14.8. The molecule has 4 rings (SSSR count). The van der Waals surface area contributed by atoms with E-state index < -0.39 is 12.1 Å². The lowest BCUT2D eigenvalue weighted by molar-refractivity contribution is -0.125. The van der Waals surface area contributed by atoms with Crippen LogP contribution in [0.2, 0.25) is 0 Å². The Morgan fingerprint density at radius 3 is 2.44 bits per heavy atom. The highest BCUT2D eigenvalue weighted by Gasteiger charge is 2.31. The first kappa shape index (κ1) is 17.3. The Kier molecular flexibility index (Phi) is 4.62. The molecule has 0 bridgehead atoms. The van der Waals surface area contributed by atoms with E-state index in [1.54, 1.807) is 36.4 Å². The van der Waals surface area contributed by atoms with E-state index in [4.69, 9.17) is 4.74 Å². The average Bonchev–Trinajstić information content (AvgIpc) is 3.23. The van der Waals surface area contributed by atoms with Gasteiger partial charge in [0.1, 0.15) is 0 Å². The minimum atomic E-state index is -0.863. The molecule has 6 nitrogen and oxygen atoms in total. The molecule has 138 valence electrons. The average molecular weight is 364 g/mol. The van der Waals surface area contributed by atoms with Crippen LogP contribution in [0.3, 0.4) is 0 Å². The van der Waals surface area contributed by atoms with Crippen LogP contribution in [0.25, 0.3) is 0 Å². The zero-order valence-corrected chi connectivity index (χ0v) is 14.8. The molecule has 2 amide bonds. The second-order valence-corrected chi connectivity index (χ2v) is 6.82. The van der Waals surface area contributed by atoms with Gasteiger partial charge in [-0.1, -0.05) is 18.2 Å². The summed E-state index contributed by atoms with van der Waals surface area (Å²) < 4.78 is 5.26. The molecule has 2 aliphatic heterocycles. The van der Waals surface area contributed by atoms with Crippen LogP contribution >= 0.6 is 0 Å². The summed E-state index contributed by atoms with van der Waals surface area (Å²) in [4.78, 5) is 38.7. The van der Waals surface area contributed by atoms with Gasteiger partial charge in [-0.3, -0.25) is 9.59 Å². The van der Waals surface area contributed by atoms with E-state index in [1.165, 1.54) is 0 Å². The predicted octanol–water partition coefficient (Wildman–Crippen LogP) is 2.64. The number of amides is 2. The van der Waals surface area contributed by atoms with Crippen molar-refractivity contribution in [3.63, 3.8) is 0 Å². The first-order valence-corrected chi connectivity index (χ1v) is 9.11. The number of rotatable bonds is 3. The Hall–Kier alpha value is -3.15. The predicted molar refractivity (Wildman–Crippen MR) is 99.6 cm³/mol. The standard InChI is InChI=1S/C21H20N2O4/c24-19(18-13-15-5-1-2-6-17(15)21(26)27-18)22-16-9-7-14(8-10-16)20(25)23-11-3-4-12-23/h1-2,5-10,18H,3-4,11-13H2,(H,22,24). The molecule has 6 heteroatoms. The topological polar surface area (TPSA) is 75.7 Å². The van der Waals surface area contributed by atoms with E-state index in [-0.39, 0.29) is 11.8 Å². The van der Waals surface area contributed by atoms with Crippen LogP contribution < -0.4 is 5.32 Å². The second kappa shape index (κ2) is 7.23. The third-order valence-electron chi connectivity index (χ3n) is 4.98. The molecule has 2 heterocycles. The number of nitrogens with one attached hydrogen (secondary N) is 1. The fourth-order valence-corrected chi connectivity index (χ4v) is 3.50. The SMILES string of the molecule is O=C1OC(C(=O)Nc2ccc(C(=O)N3CCCC3)cc2)Cc2ccccc21. The van der Waals surface area contributed by atoms with Crippen molar-refractivity contribution in [2.24, 2.45) is 0 Å². The van der Waals surface area contributed by atoms with E-state index in [1.807, 2.05) is 17.0 Å². The van der Waals surface area contributed by atoms with Crippen molar-refractivity contribution in [2.75, 3.05) is 18.4 Å². The third kappa shape index (κ3) is 3.56. The number of nitrogens with zero attached hydrogens (tertiary/aromatic N) is 1. The first-order valence-electron chi connectivity index (χ1n) is 9.11. The largest absolute Gasteiger partial charge is 0.448 e. The van der Waals surface area contributed by atoms with Gasteiger partial charge in [0.25, 0.3) is 11.8 Å². The highest BCUT2D eigenvalue weighted by molar-refractivity contribution is 6.00. The fraction of sp³-hybridized carbons (Fsp3) is 0.286. The number of fused-ring (bicyclic) bond motifs is 1. The summed E-state index contributed by atoms with van der Waals surface area (Å²) in [6.07, 6.45) is 1.57. The number of carbonyl (C=O) groups is 3. The van der Waals surface area contributed by atoms with Gasteiger partial charge in [0.05, 0.1) is 5.56 Å². The molecule has 2 aliphatic rings. The van der Waals surface area contributed by atoms with Crippen molar-refractivity contribution in [1.82, 2.24) is 4.90 Å². The molecule has 1 fully saturated rings.